The minimum atomic E-state index is -3.88. The number of hydrogen-bond acceptors (Lipinski definition) is 9. The number of fused-ring (bicyclic) bond motifs is 1. The molecule has 3 fully saturated rings. The number of pyridine rings is 1. The number of hydrogen-bond donors (Lipinski definition) is 3. The van der Waals surface area contributed by atoms with Crippen LogP contribution in [0.5, 0.6) is 11.6 Å². The summed E-state index contributed by atoms with van der Waals surface area (Å²) in [6.07, 6.45) is 3.50. The van der Waals surface area contributed by atoms with Crippen molar-refractivity contribution in [2.24, 2.45) is 17.3 Å². The Labute approximate surface area is 294 Å². The second-order valence-corrected chi connectivity index (χ2v) is 17.7. The molecule has 2 heterocycles. The molecule has 13 nitrogen and oxygen atoms in total. The number of methoxy groups -OCH3 is 1. The lowest BCUT2D eigenvalue weighted by Crippen LogP contribution is -2.57. The number of amides is 4. The fourth-order valence-electron chi connectivity index (χ4n) is 6.52. The Morgan fingerprint density at radius 3 is 2.40 bits per heavy atom. The number of likely N-dealkylation sites (tertiary alicyclic amines) is 1. The standard InChI is InChI=1S/C36H49N5O8S/c1-9-22-19-36(22,33(45)40-50(46,47)25-11-12-25)39-30(43)28-17-24(49-31-26-13-10-23(48-8)16-21(26)14-15-37-31)20-41(28)32(44)27(34(2,3)4)18-29(42)38-35(5,6)7/h9-10,13-16,22,24-25,27-28H,1,11-12,17-20H2,2-8H3,(H,38,42)(H,39,43)(H,40,45)/t22-,24-,27?,28+,36-/m1/s1. The molecule has 1 saturated heterocycles. The van der Waals surface area contributed by atoms with Crippen LogP contribution in [0.15, 0.2) is 43.1 Å². The molecule has 2 aliphatic carbocycles. The first kappa shape index (κ1) is 37.1. The zero-order chi connectivity index (χ0) is 36.8. The average molecular weight is 712 g/mol. The van der Waals surface area contributed by atoms with Gasteiger partial charge in [0.15, 0.2) is 0 Å². The summed E-state index contributed by atoms with van der Waals surface area (Å²) >= 11 is 0. The largest absolute Gasteiger partial charge is 0.497 e. The molecule has 1 aliphatic heterocycles. The van der Waals surface area contributed by atoms with Crippen LogP contribution in [-0.4, -0.2) is 84.1 Å². The molecule has 272 valence electrons. The Balaban J connectivity index is 1.44. The number of rotatable bonds is 12. The van der Waals surface area contributed by atoms with Crippen LogP contribution < -0.4 is 24.8 Å². The fourth-order valence-corrected chi connectivity index (χ4v) is 7.88. The van der Waals surface area contributed by atoms with Gasteiger partial charge in [-0.3, -0.25) is 23.9 Å². The van der Waals surface area contributed by atoms with Crippen LogP contribution in [0.4, 0.5) is 0 Å². The van der Waals surface area contributed by atoms with E-state index in [0.29, 0.717) is 29.9 Å². The monoisotopic (exact) mass is 711 g/mol. The molecule has 0 bridgehead atoms. The van der Waals surface area contributed by atoms with Crippen molar-refractivity contribution < 1.29 is 37.1 Å². The van der Waals surface area contributed by atoms with Crippen molar-refractivity contribution in [3.05, 3.63) is 43.1 Å². The SMILES string of the molecule is C=C[C@@H]1C[C@]1(NC(=O)[C@@H]1C[C@@H](Oc2nccc3cc(OC)ccc23)CN1C(=O)C(CC(=O)NC(C)(C)C)C(C)(C)C)C(=O)NS(=O)(=O)C1CC1. The van der Waals surface area contributed by atoms with Gasteiger partial charge in [-0.05, 0) is 75.1 Å². The molecule has 4 amide bonds. The fraction of sp³-hybridized carbons (Fsp3) is 0.583. The third-order valence-corrected chi connectivity index (χ3v) is 11.4. The van der Waals surface area contributed by atoms with Gasteiger partial charge in [-0.15, -0.1) is 6.58 Å². The Kier molecular flexibility index (Phi) is 10.0. The van der Waals surface area contributed by atoms with Crippen LogP contribution >= 0.6 is 0 Å². The highest BCUT2D eigenvalue weighted by Crippen LogP contribution is 2.46. The Bertz CT molecular complexity index is 1800. The van der Waals surface area contributed by atoms with Gasteiger partial charge >= 0.3 is 0 Å². The van der Waals surface area contributed by atoms with Crippen molar-refractivity contribution in [2.75, 3.05) is 13.7 Å². The molecular formula is C36H49N5O8S. The summed E-state index contributed by atoms with van der Waals surface area (Å²) in [5, 5.41) is 6.64. The van der Waals surface area contributed by atoms with E-state index < -0.39 is 73.5 Å². The van der Waals surface area contributed by atoms with Crippen LogP contribution in [0.1, 0.15) is 73.6 Å². The molecule has 1 unspecified atom stereocenters. The first-order chi connectivity index (χ1) is 23.3. The predicted octanol–water partition coefficient (Wildman–Crippen LogP) is 3.23. The Hall–Kier alpha value is -4.20. The number of sulfonamides is 1. The van der Waals surface area contributed by atoms with E-state index in [-0.39, 0.29) is 31.7 Å². The van der Waals surface area contributed by atoms with Gasteiger partial charge in [-0.1, -0.05) is 26.8 Å². The second-order valence-electron chi connectivity index (χ2n) is 15.8. The number of nitrogens with one attached hydrogen (secondary N) is 3. The molecule has 50 heavy (non-hydrogen) atoms. The van der Waals surface area contributed by atoms with Crippen molar-refractivity contribution >= 4 is 44.4 Å². The number of carbonyl (C=O) groups is 4. The molecule has 5 atom stereocenters. The van der Waals surface area contributed by atoms with Gasteiger partial charge in [-0.2, -0.15) is 0 Å². The zero-order valence-electron chi connectivity index (χ0n) is 29.9. The molecule has 0 spiro atoms. The number of carbonyl (C=O) groups excluding carboxylic acids is 4. The molecule has 1 aromatic carbocycles. The quantitative estimate of drug-likeness (QED) is 0.280. The Morgan fingerprint density at radius 1 is 1.12 bits per heavy atom. The van der Waals surface area contributed by atoms with E-state index in [1.165, 1.54) is 11.0 Å². The number of nitrogens with zero attached hydrogens (tertiary/aromatic N) is 2. The summed E-state index contributed by atoms with van der Waals surface area (Å²) in [7, 11) is -2.31. The zero-order valence-corrected chi connectivity index (χ0v) is 30.7. The van der Waals surface area contributed by atoms with Crippen molar-refractivity contribution in [1.82, 2.24) is 25.2 Å². The molecule has 1 aromatic heterocycles. The molecular weight excluding hydrogens is 662 g/mol. The van der Waals surface area contributed by atoms with Crippen LogP contribution in [0, 0.1) is 17.3 Å². The molecule has 3 N–H and O–H groups in total. The highest BCUT2D eigenvalue weighted by atomic mass is 32.2. The van der Waals surface area contributed by atoms with E-state index >= 15 is 0 Å². The first-order valence-electron chi connectivity index (χ1n) is 17.0. The summed E-state index contributed by atoms with van der Waals surface area (Å²) in [6.45, 7) is 15.0. The maximum Gasteiger partial charge on any atom is 0.259 e. The van der Waals surface area contributed by atoms with Crippen LogP contribution in [0.3, 0.4) is 0 Å². The van der Waals surface area contributed by atoms with Crippen LogP contribution in [0.2, 0.25) is 0 Å². The number of aromatic nitrogens is 1. The van der Waals surface area contributed by atoms with Crippen LogP contribution in [-0.2, 0) is 29.2 Å². The minimum absolute atomic E-state index is 0.0127. The highest BCUT2D eigenvalue weighted by molar-refractivity contribution is 7.91. The van der Waals surface area contributed by atoms with Crippen molar-refractivity contribution in [3.63, 3.8) is 0 Å². The van der Waals surface area contributed by atoms with Gasteiger partial charge in [0.05, 0.1) is 24.8 Å². The van der Waals surface area contributed by atoms with Crippen LogP contribution in [0.25, 0.3) is 10.8 Å². The normalized spacial score (nSPS) is 24.2. The third kappa shape index (κ3) is 8.06. The van der Waals surface area contributed by atoms with E-state index in [1.807, 2.05) is 59.7 Å². The highest BCUT2D eigenvalue weighted by Gasteiger charge is 2.62. The Morgan fingerprint density at radius 2 is 1.82 bits per heavy atom. The predicted molar refractivity (Wildman–Crippen MR) is 188 cm³/mol. The van der Waals surface area contributed by atoms with E-state index in [1.54, 1.807) is 19.4 Å². The summed E-state index contributed by atoms with van der Waals surface area (Å²) in [4.78, 5) is 61.2. The molecule has 0 radical (unpaired) electrons. The lowest BCUT2D eigenvalue weighted by molar-refractivity contribution is -0.147. The smallest absolute Gasteiger partial charge is 0.259 e. The first-order valence-corrected chi connectivity index (χ1v) is 18.5. The number of ether oxygens (including phenoxy) is 2. The van der Waals surface area contributed by atoms with Crippen molar-refractivity contribution in [3.8, 4) is 11.6 Å². The molecule has 3 aliphatic rings. The molecule has 14 heteroatoms. The minimum Gasteiger partial charge on any atom is -0.497 e. The molecule has 5 rings (SSSR count). The van der Waals surface area contributed by atoms with E-state index in [2.05, 4.69) is 26.9 Å². The maximum absolute atomic E-state index is 14.5. The molecule has 2 aromatic rings. The molecule has 2 saturated carbocycles. The van der Waals surface area contributed by atoms with Gasteiger partial charge in [0, 0.05) is 35.9 Å². The lowest BCUT2D eigenvalue weighted by Gasteiger charge is -2.35. The summed E-state index contributed by atoms with van der Waals surface area (Å²) in [5.41, 5.74) is -2.70. The average Bonchev–Trinajstić information content (AvgIpc) is 3.95. The van der Waals surface area contributed by atoms with Crippen molar-refractivity contribution in [2.45, 2.75) is 102 Å². The summed E-state index contributed by atoms with van der Waals surface area (Å²) in [5.74, 6) is -2.49. The van der Waals surface area contributed by atoms with Gasteiger partial charge < -0.3 is 25.0 Å². The lowest BCUT2D eigenvalue weighted by atomic mass is 9.77. The van der Waals surface area contributed by atoms with Crippen molar-refractivity contribution in [1.29, 1.82) is 0 Å². The van der Waals surface area contributed by atoms with Gasteiger partial charge in [0.2, 0.25) is 33.6 Å². The topological polar surface area (TPSA) is 173 Å². The number of benzene rings is 1. The van der Waals surface area contributed by atoms with Gasteiger partial charge in [0.25, 0.3) is 5.91 Å². The van der Waals surface area contributed by atoms with Gasteiger partial charge in [-0.25, -0.2) is 13.4 Å². The second kappa shape index (κ2) is 13.5. The summed E-state index contributed by atoms with van der Waals surface area (Å²) in [6, 6.07) is 6.19. The third-order valence-electron chi connectivity index (χ3n) is 9.56. The summed E-state index contributed by atoms with van der Waals surface area (Å²) < 4.78 is 39.2. The van der Waals surface area contributed by atoms with Gasteiger partial charge in [0.1, 0.15) is 23.4 Å². The van der Waals surface area contributed by atoms with E-state index in [4.69, 9.17) is 9.47 Å². The van der Waals surface area contributed by atoms with E-state index in [9.17, 15) is 27.6 Å². The van der Waals surface area contributed by atoms with E-state index in [0.717, 1.165) is 5.39 Å². The maximum atomic E-state index is 14.5.